The Morgan fingerprint density at radius 3 is 2.90 bits per heavy atom. The van der Waals surface area contributed by atoms with Crippen LogP contribution < -0.4 is 15.8 Å². The van der Waals surface area contributed by atoms with Crippen LogP contribution >= 0.6 is 11.3 Å². The number of carbonyl (C=O) groups excluding carboxylic acids is 1. The van der Waals surface area contributed by atoms with Crippen LogP contribution in [-0.4, -0.2) is 36.2 Å². The van der Waals surface area contributed by atoms with Crippen molar-refractivity contribution in [3.05, 3.63) is 29.4 Å². The molecule has 0 atom stereocenters. The minimum atomic E-state index is -0.171. The highest BCUT2D eigenvalue weighted by Crippen LogP contribution is 2.14. The van der Waals surface area contributed by atoms with Crippen LogP contribution in [0.4, 0.5) is 10.8 Å². The Hall–Kier alpha value is -2.19. The van der Waals surface area contributed by atoms with E-state index in [9.17, 15) is 4.79 Å². The van der Waals surface area contributed by atoms with E-state index in [2.05, 4.69) is 15.3 Å². The Bertz CT molecular complexity index is 585. The highest BCUT2D eigenvalue weighted by atomic mass is 32.1. The fourth-order valence-corrected chi connectivity index (χ4v) is 2.11. The molecule has 8 heteroatoms. The molecule has 0 bridgehead atoms. The standard InChI is InChI=1S/C13H16N4O3S/c1-19-4-5-20-12-3-2-9(7-15-12)16-11(18)6-10-8-21-13(14)17-10/h2-3,7-8H,4-6H2,1H3,(H2,14,17)(H,16,18). The number of amides is 1. The summed E-state index contributed by atoms with van der Waals surface area (Å²) >= 11 is 1.31. The summed E-state index contributed by atoms with van der Waals surface area (Å²) in [6, 6.07) is 3.41. The number of thiazole rings is 1. The van der Waals surface area contributed by atoms with Gasteiger partial charge in [0.25, 0.3) is 0 Å². The van der Waals surface area contributed by atoms with E-state index in [1.165, 1.54) is 17.5 Å². The van der Waals surface area contributed by atoms with Gasteiger partial charge in [0, 0.05) is 18.6 Å². The first-order valence-corrected chi connectivity index (χ1v) is 7.13. The molecular formula is C13H16N4O3S. The monoisotopic (exact) mass is 308 g/mol. The number of nitrogen functional groups attached to an aromatic ring is 1. The molecule has 112 valence electrons. The summed E-state index contributed by atoms with van der Waals surface area (Å²) in [4.78, 5) is 19.9. The summed E-state index contributed by atoms with van der Waals surface area (Å²) in [7, 11) is 1.60. The van der Waals surface area contributed by atoms with E-state index < -0.39 is 0 Å². The van der Waals surface area contributed by atoms with Gasteiger partial charge in [0.05, 0.1) is 30.6 Å². The topological polar surface area (TPSA) is 99.4 Å². The number of anilines is 2. The van der Waals surface area contributed by atoms with Crippen molar-refractivity contribution in [2.45, 2.75) is 6.42 Å². The average molecular weight is 308 g/mol. The van der Waals surface area contributed by atoms with Crippen LogP contribution in [0.3, 0.4) is 0 Å². The lowest BCUT2D eigenvalue weighted by Crippen LogP contribution is -2.15. The lowest BCUT2D eigenvalue weighted by atomic mass is 10.3. The maximum atomic E-state index is 11.8. The van der Waals surface area contributed by atoms with Crippen LogP contribution in [0.15, 0.2) is 23.7 Å². The maximum absolute atomic E-state index is 11.8. The van der Waals surface area contributed by atoms with Crippen molar-refractivity contribution in [2.75, 3.05) is 31.4 Å². The molecule has 2 heterocycles. The lowest BCUT2D eigenvalue weighted by Gasteiger charge is -2.06. The molecule has 0 saturated heterocycles. The van der Waals surface area contributed by atoms with Gasteiger partial charge < -0.3 is 20.5 Å². The third kappa shape index (κ3) is 5.01. The zero-order valence-electron chi connectivity index (χ0n) is 11.5. The van der Waals surface area contributed by atoms with Crippen LogP contribution in [0.5, 0.6) is 5.88 Å². The number of nitrogens with one attached hydrogen (secondary N) is 1. The lowest BCUT2D eigenvalue weighted by molar-refractivity contribution is -0.115. The number of aromatic nitrogens is 2. The Balaban J connectivity index is 1.83. The fraction of sp³-hybridized carbons (Fsp3) is 0.308. The van der Waals surface area contributed by atoms with Crippen LogP contribution in [0.1, 0.15) is 5.69 Å². The maximum Gasteiger partial charge on any atom is 0.230 e. The van der Waals surface area contributed by atoms with Crippen molar-refractivity contribution in [2.24, 2.45) is 0 Å². The molecule has 2 aromatic heterocycles. The molecule has 7 nitrogen and oxygen atoms in total. The molecule has 1 amide bonds. The number of carbonyl (C=O) groups is 1. The normalized spacial score (nSPS) is 10.3. The molecule has 0 aliphatic rings. The summed E-state index contributed by atoms with van der Waals surface area (Å²) < 4.78 is 10.2. The number of hydrogen-bond donors (Lipinski definition) is 2. The second-order valence-corrected chi connectivity index (χ2v) is 5.02. The van der Waals surface area contributed by atoms with E-state index >= 15 is 0 Å². The Kier molecular flexibility index (Phi) is 5.47. The molecule has 3 N–H and O–H groups in total. The zero-order valence-corrected chi connectivity index (χ0v) is 12.4. The van der Waals surface area contributed by atoms with Crippen LogP contribution in [-0.2, 0) is 16.0 Å². The first-order chi connectivity index (χ1) is 10.2. The second-order valence-electron chi connectivity index (χ2n) is 4.13. The van der Waals surface area contributed by atoms with Crippen molar-refractivity contribution in [3.8, 4) is 5.88 Å². The first-order valence-electron chi connectivity index (χ1n) is 6.25. The molecule has 0 unspecified atom stereocenters. The van der Waals surface area contributed by atoms with E-state index in [0.29, 0.717) is 35.6 Å². The van der Waals surface area contributed by atoms with Gasteiger partial charge in [-0.3, -0.25) is 4.79 Å². The van der Waals surface area contributed by atoms with Crippen LogP contribution in [0.25, 0.3) is 0 Å². The quantitative estimate of drug-likeness (QED) is 0.749. The fourth-order valence-electron chi connectivity index (χ4n) is 1.54. The number of hydrogen-bond acceptors (Lipinski definition) is 7. The molecule has 0 aromatic carbocycles. The summed E-state index contributed by atoms with van der Waals surface area (Å²) in [5.74, 6) is 0.312. The zero-order chi connectivity index (χ0) is 15.1. The van der Waals surface area contributed by atoms with Crippen LogP contribution in [0.2, 0.25) is 0 Å². The van der Waals surface area contributed by atoms with Gasteiger partial charge in [-0.05, 0) is 6.07 Å². The molecule has 0 aliphatic carbocycles. The Morgan fingerprint density at radius 1 is 1.43 bits per heavy atom. The van der Waals surface area contributed by atoms with E-state index in [1.807, 2.05) is 0 Å². The third-order valence-electron chi connectivity index (χ3n) is 2.47. The highest BCUT2D eigenvalue weighted by molar-refractivity contribution is 7.13. The molecule has 0 saturated carbocycles. The van der Waals surface area contributed by atoms with E-state index in [4.69, 9.17) is 15.2 Å². The van der Waals surface area contributed by atoms with Crippen molar-refractivity contribution < 1.29 is 14.3 Å². The van der Waals surface area contributed by atoms with Crippen LogP contribution in [0, 0.1) is 0 Å². The van der Waals surface area contributed by atoms with Gasteiger partial charge in [-0.2, -0.15) is 0 Å². The van der Waals surface area contributed by atoms with Crippen molar-refractivity contribution >= 4 is 28.1 Å². The number of ether oxygens (including phenoxy) is 2. The van der Waals surface area contributed by atoms with E-state index in [0.717, 1.165) is 0 Å². The number of nitrogens with two attached hydrogens (primary N) is 1. The molecule has 21 heavy (non-hydrogen) atoms. The van der Waals surface area contributed by atoms with E-state index in [1.54, 1.807) is 24.6 Å². The van der Waals surface area contributed by atoms with Gasteiger partial charge in [0.15, 0.2) is 5.13 Å². The molecule has 0 spiro atoms. The minimum Gasteiger partial charge on any atom is -0.475 e. The number of nitrogens with zero attached hydrogens (tertiary/aromatic N) is 2. The number of methoxy groups -OCH3 is 1. The molecule has 0 aliphatic heterocycles. The summed E-state index contributed by atoms with van der Waals surface area (Å²) in [5, 5.41) is 4.96. The van der Waals surface area contributed by atoms with Crippen molar-refractivity contribution in [3.63, 3.8) is 0 Å². The SMILES string of the molecule is COCCOc1ccc(NC(=O)Cc2csc(N)n2)cn1. The summed E-state index contributed by atoms with van der Waals surface area (Å²) in [5.41, 5.74) is 6.77. The van der Waals surface area contributed by atoms with Gasteiger partial charge in [-0.25, -0.2) is 9.97 Å². The smallest absolute Gasteiger partial charge is 0.230 e. The largest absolute Gasteiger partial charge is 0.475 e. The molecule has 0 fully saturated rings. The summed E-state index contributed by atoms with van der Waals surface area (Å²) in [6.45, 7) is 0.928. The molecular weight excluding hydrogens is 292 g/mol. The number of pyridine rings is 1. The van der Waals surface area contributed by atoms with Crippen molar-refractivity contribution in [1.82, 2.24) is 9.97 Å². The average Bonchev–Trinajstić information content (AvgIpc) is 2.86. The third-order valence-corrected chi connectivity index (χ3v) is 3.19. The number of rotatable bonds is 7. The predicted octanol–water partition coefficient (Wildman–Crippen LogP) is 1.33. The minimum absolute atomic E-state index is 0.171. The molecule has 2 rings (SSSR count). The van der Waals surface area contributed by atoms with Gasteiger partial charge >= 0.3 is 0 Å². The van der Waals surface area contributed by atoms with Crippen molar-refractivity contribution in [1.29, 1.82) is 0 Å². The summed E-state index contributed by atoms with van der Waals surface area (Å²) in [6.07, 6.45) is 1.72. The van der Waals surface area contributed by atoms with Gasteiger partial charge in [-0.1, -0.05) is 0 Å². The Labute approximate surface area is 126 Å². The van der Waals surface area contributed by atoms with E-state index in [-0.39, 0.29) is 12.3 Å². The first kappa shape index (κ1) is 15.2. The molecule has 0 radical (unpaired) electrons. The van der Waals surface area contributed by atoms with Gasteiger partial charge in [-0.15, -0.1) is 11.3 Å². The van der Waals surface area contributed by atoms with Gasteiger partial charge in [0.1, 0.15) is 6.61 Å². The highest BCUT2D eigenvalue weighted by Gasteiger charge is 2.07. The Morgan fingerprint density at radius 2 is 2.29 bits per heavy atom. The second kappa shape index (κ2) is 7.55. The molecule has 2 aromatic rings. The van der Waals surface area contributed by atoms with Gasteiger partial charge in [0.2, 0.25) is 11.8 Å². The predicted molar refractivity (Wildman–Crippen MR) is 80.5 cm³/mol.